The molecule has 0 saturated heterocycles. The van der Waals surface area contributed by atoms with E-state index < -0.39 is 0 Å². The van der Waals surface area contributed by atoms with Crippen molar-refractivity contribution in [2.45, 2.75) is 46.0 Å². The lowest BCUT2D eigenvalue weighted by atomic mass is 9.95. The van der Waals surface area contributed by atoms with Crippen LogP contribution in [0.25, 0.3) is 0 Å². The summed E-state index contributed by atoms with van der Waals surface area (Å²) >= 11 is 6.17. The Morgan fingerprint density at radius 1 is 1.33 bits per heavy atom. The van der Waals surface area contributed by atoms with Gasteiger partial charge >= 0.3 is 0 Å². The summed E-state index contributed by atoms with van der Waals surface area (Å²) in [5, 5.41) is 10.7. The summed E-state index contributed by atoms with van der Waals surface area (Å²) in [6, 6.07) is 3.73. The largest absolute Gasteiger partial charge is 0.508 e. The molecule has 0 bridgehead atoms. The minimum absolute atomic E-state index is 0.359. The second-order valence-corrected chi connectivity index (χ2v) is 4.47. The van der Waals surface area contributed by atoms with Crippen LogP contribution in [0.4, 0.5) is 0 Å². The Hall–Kier alpha value is -0.690. The van der Waals surface area contributed by atoms with Crippen LogP contribution in [0.3, 0.4) is 0 Å². The molecule has 1 atom stereocenters. The van der Waals surface area contributed by atoms with Gasteiger partial charge in [0.05, 0.1) is 0 Å². The van der Waals surface area contributed by atoms with Crippen LogP contribution < -0.4 is 0 Å². The summed E-state index contributed by atoms with van der Waals surface area (Å²) in [7, 11) is 0. The molecule has 0 spiro atoms. The van der Waals surface area contributed by atoms with Crippen LogP contribution in [0.2, 0.25) is 5.02 Å². The fourth-order valence-corrected chi connectivity index (χ4v) is 1.96. The van der Waals surface area contributed by atoms with Crippen molar-refractivity contribution >= 4 is 11.6 Å². The van der Waals surface area contributed by atoms with Gasteiger partial charge < -0.3 is 5.11 Å². The quantitative estimate of drug-likeness (QED) is 0.801. The average molecular weight is 227 g/mol. The van der Waals surface area contributed by atoms with Crippen molar-refractivity contribution in [3.8, 4) is 5.75 Å². The van der Waals surface area contributed by atoms with Gasteiger partial charge in [-0.2, -0.15) is 0 Å². The third-order valence-corrected chi connectivity index (χ3v) is 3.21. The third-order valence-electron chi connectivity index (χ3n) is 2.86. The maximum absolute atomic E-state index is 9.89. The summed E-state index contributed by atoms with van der Waals surface area (Å²) in [6.07, 6.45) is 2.98. The summed E-state index contributed by atoms with van der Waals surface area (Å²) in [5.41, 5.74) is 2.01. The number of benzene rings is 1. The maximum Gasteiger partial charge on any atom is 0.119 e. The van der Waals surface area contributed by atoms with E-state index in [9.17, 15) is 5.11 Å². The van der Waals surface area contributed by atoms with Gasteiger partial charge in [-0.3, -0.25) is 0 Å². The van der Waals surface area contributed by atoms with E-state index >= 15 is 0 Å². The van der Waals surface area contributed by atoms with Crippen molar-refractivity contribution in [3.05, 3.63) is 28.3 Å². The second-order valence-electron chi connectivity index (χ2n) is 4.06. The standard InChI is InChI=1S/C13H19ClO/c1-4-6-10-7-13(15)11(8-12(10)14)9(3)5-2/h7-9,15H,4-6H2,1-3H3. The Labute approximate surface area is 97.1 Å². The first kappa shape index (κ1) is 12.4. The topological polar surface area (TPSA) is 20.2 Å². The lowest BCUT2D eigenvalue weighted by Gasteiger charge is -2.14. The van der Waals surface area contributed by atoms with Gasteiger partial charge in [-0.1, -0.05) is 38.8 Å². The molecule has 15 heavy (non-hydrogen) atoms. The highest BCUT2D eigenvalue weighted by molar-refractivity contribution is 6.31. The SMILES string of the molecule is CCCc1cc(O)c(C(C)CC)cc1Cl. The van der Waals surface area contributed by atoms with Crippen LogP contribution in [-0.4, -0.2) is 5.11 Å². The van der Waals surface area contributed by atoms with Gasteiger partial charge in [-0.15, -0.1) is 0 Å². The van der Waals surface area contributed by atoms with Crippen molar-refractivity contribution in [1.82, 2.24) is 0 Å². The van der Waals surface area contributed by atoms with E-state index in [0.717, 1.165) is 35.4 Å². The predicted molar refractivity (Wildman–Crippen MR) is 65.8 cm³/mol. The zero-order valence-corrected chi connectivity index (χ0v) is 10.4. The molecule has 0 aliphatic carbocycles. The van der Waals surface area contributed by atoms with Crippen molar-refractivity contribution in [2.75, 3.05) is 0 Å². The molecule has 2 heteroatoms. The van der Waals surface area contributed by atoms with Crippen LogP contribution in [0.5, 0.6) is 5.75 Å². The number of aromatic hydroxyl groups is 1. The predicted octanol–water partition coefficient (Wildman–Crippen LogP) is 4.51. The Morgan fingerprint density at radius 2 is 2.00 bits per heavy atom. The maximum atomic E-state index is 9.89. The van der Waals surface area contributed by atoms with E-state index in [1.165, 1.54) is 0 Å². The summed E-state index contributed by atoms with van der Waals surface area (Å²) in [4.78, 5) is 0. The van der Waals surface area contributed by atoms with Crippen LogP contribution in [0, 0.1) is 0 Å². The number of phenolic OH excluding ortho intramolecular Hbond substituents is 1. The molecule has 0 fully saturated rings. The van der Waals surface area contributed by atoms with E-state index in [1.54, 1.807) is 0 Å². The Bertz CT molecular complexity index is 334. The van der Waals surface area contributed by atoms with Gasteiger partial charge in [0.25, 0.3) is 0 Å². The first-order valence-corrected chi connectivity index (χ1v) is 5.99. The van der Waals surface area contributed by atoms with Gasteiger partial charge in [0.1, 0.15) is 5.75 Å². The highest BCUT2D eigenvalue weighted by atomic mass is 35.5. The monoisotopic (exact) mass is 226 g/mol. The zero-order valence-electron chi connectivity index (χ0n) is 9.68. The van der Waals surface area contributed by atoms with Crippen molar-refractivity contribution < 1.29 is 5.11 Å². The van der Waals surface area contributed by atoms with E-state index in [2.05, 4.69) is 20.8 Å². The summed E-state index contributed by atoms with van der Waals surface area (Å²) in [5.74, 6) is 0.746. The van der Waals surface area contributed by atoms with E-state index in [1.807, 2.05) is 12.1 Å². The molecule has 1 rings (SSSR count). The minimum atomic E-state index is 0.359. The molecule has 0 aromatic heterocycles. The molecule has 0 aliphatic heterocycles. The minimum Gasteiger partial charge on any atom is -0.508 e. The van der Waals surface area contributed by atoms with Gasteiger partial charge in [0, 0.05) is 5.02 Å². The summed E-state index contributed by atoms with van der Waals surface area (Å²) in [6.45, 7) is 6.32. The van der Waals surface area contributed by atoms with Crippen LogP contribution in [0.1, 0.15) is 50.7 Å². The molecular formula is C13H19ClO. The first-order valence-electron chi connectivity index (χ1n) is 5.61. The highest BCUT2D eigenvalue weighted by Crippen LogP contribution is 2.33. The highest BCUT2D eigenvalue weighted by Gasteiger charge is 2.12. The fraction of sp³-hybridized carbons (Fsp3) is 0.538. The van der Waals surface area contributed by atoms with E-state index in [-0.39, 0.29) is 0 Å². The summed E-state index contributed by atoms with van der Waals surface area (Å²) < 4.78 is 0. The third kappa shape index (κ3) is 2.88. The number of halogens is 1. The number of rotatable bonds is 4. The lowest BCUT2D eigenvalue weighted by molar-refractivity contribution is 0.461. The molecular weight excluding hydrogens is 208 g/mol. The van der Waals surface area contributed by atoms with Crippen molar-refractivity contribution in [2.24, 2.45) is 0 Å². The van der Waals surface area contributed by atoms with Gasteiger partial charge in [0.15, 0.2) is 0 Å². The molecule has 1 nitrogen and oxygen atoms in total. The van der Waals surface area contributed by atoms with Crippen molar-refractivity contribution in [3.63, 3.8) is 0 Å². The lowest BCUT2D eigenvalue weighted by Crippen LogP contribution is -1.95. The molecule has 0 saturated carbocycles. The molecule has 1 aromatic rings. The molecule has 1 unspecified atom stereocenters. The fourth-order valence-electron chi connectivity index (χ4n) is 1.70. The van der Waals surface area contributed by atoms with Gasteiger partial charge in [-0.05, 0) is 42.0 Å². The molecule has 1 aromatic carbocycles. The Kier molecular flexibility index (Phi) is 4.46. The van der Waals surface area contributed by atoms with Crippen molar-refractivity contribution in [1.29, 1.82) is 0 Å². The van der Waals surface area contributed by atoms with Crippen LogP contribution in [-0.2, 0) is 6.42 Å². The number of aryl methyl sites for hydroxylation is 1. The van der Waals surface area contributed by atoms with Crippen LogP contribution >= 0.6 is 11.6 Å². The zero-order chi connectivity index (χ0) is 11.4. The van der Waals surface area contributed by atoms with E-state index in [4.69, 9.17) is 11.6 Å². The molecule has 0 aliphatic rings. The second kappa shape index (κ2) is 5.41. The van der Waals surface area contributed by atoms with Gasteiger partial charge in [0.2, 0.25) is 0 Å². The Balaban J connectivity index is 3.07. The first-order chi connectivity index (χ1) is 7.10. The van der Waals surface area contributed by atoms with E-state index in [0.29, 0.717) is 11.7 Å². The molecule has 0 heterocycles. The number of hydrogen-bond acceptors (Lipinski definition) is 1. The molecule has 1 N–H and O–H groups in total. The van der Waals surface area contributed by atoms with Crippen LogP contribution in [0.15, 0.2) is 12.1 Å². The normalized spacial score (nSPS) is 12.8. The molecule has 84 valence electrons. The molecule has 0 radical (unpaired) electrons. The van der Waals surface area contributed by atoms with Gasteiger partial charge in [-0.25, -0.2) is 0 Å². The number of phenols is 1. The Morgan fingerprint density at radius 3 is 2.53 bits per heavy atom. The average Bonchev–Trinajstić information content (AvgIpc) is 2.22. The smallest absolute Gasteiger partial charge is 0.119 e. The number of hydrogen-bond donors (Lipinski definition) is 1. The molecule has 0 amide bonds.